The Morgan fingerprint density at radius 1 is 1.31 bits per heavy atom. The first-order chi connectivity index (χ1) is 7.84. The summed E-state index contributed by atoms with van der Waals surface area (Å²) in [6.45, 7) is 3.69. The second-order valence-corrected chi connectivity index (χ2v) is 4.39. The molecule has 0 radical (unpaired) electrons. The van der Waals surface area contributed by atoms with Crippen LogP contribution in [0.3, 0.4) is 0 Å². The van der Waals surface area contributed by atoms with Crippen molar-refractivity contribution >= 4 is 0 Å². The summed E-state index contributed by atoms with van der Waals surface area (Å²) in [4.78, 5) is 0. The number of nitrogens with one attached hydrogen (secondary N) is 1. The van der Waals surface area contributed by atoms with Gasteiger partial charge in [-0.3, -0.25) is 0 Å². The van der Waals surface area contributed by atoms with Crippen molar-refractivity contribution in [1.29, 1.82) is 0 Å². The summed E-state index contributed by atoms with van der Waals surface area (Å²) in [5.41, 5.74) is 1.11. The lowest BCUT2D eigenvalue weighted by Gasteiger charge is -2.22. The van der Waals surface area contributed by atoms with Crippen molar-refractivity contribution in [3.8, 4) is 5.75 Å². The van der Waals surface area contributed by atoms with Gasteiger partial charge in [0, 0.05) is 6.54 Å². The van der Waals surface area contributed by atoms with Crippen LogP contribution in [0.4, 0.5) is 0 Å². The summed E-state index contributed by atoms with van der Waals surface area (Å²) >= 11 is 0. The number of ether oxygens (including phenoxy) is 1. The summed E-state index contributed by atoms with van der Waals surface area (Å²) in [5.74, 6) is 0.964. The van der Waals surface area contributed by atoms with Crippen LogP contribution >= 0.6 is 0 Å². The third-order valence-electron chi connectivity index (χ3n) is 2.96. The van der Waals surface area contributed by atoms with Gasteiger partial charge in [0.1, 0.15) is 5.75 Å². The molecule has 0 spiro atoms. The number of piperidine rings is 1. The van der Waals surface area contributed by atoms with E-state index in [9.17, 15) is 0 Å². The highest BCUT2D eigenvalue weighted by atomic mass is 16.5. The van der Waals surface area contributed by atoms with Crippen LogP contribution in [0, 0.1) is 5.92 Å². The Kier molecular flexibility index (Phi) is 4.19. The molecule has 1 aromatic rings. The van der Waals surface area contributed by atoms with E-state index in [0.29, 0.717) is 18.3 Å². The number of phenolic OH excluding ortho intramolecular Hbond substituents is 1. The predicted octanol–water partition coefficient (Wildman–Crippen LogP) is 1.91. The second kappa shape index (κ2) is 5.87. The number of hydrogen-bond acceptors (Lipinski definition) is 3. The molecule has 1 unspecified atom stereocenters. The second-order valence-electron chi connectivity index (χ2n) is 4.39. The van der Waals surface area contributed by atoms with Crippen molar-refractivity contribution in [2.45, 2.75) is 19.4 Å². The van der Waals surface area contributed by atoms with Gasteiger partial charge in [-0.1, -0.05) is 12.1 Å². The minimum absolute atomic E-state index is 0.306. The molecule has 2 rings (SSSR count). The van der Waals surface area contributed by atoms with Gasteiger partial charge in [-0.15, -0.1) is 0 Å². The molecule has 16 heavy (non-hydrogen) atoms. The lowest BCUT2D eigenvalue weighted by molar-refractivity contribution is 0.0783. The fraction of sp³-hybridized carbons (Fsp3) is 0.538. The maximum absolute atomic E-state index is 9.14. The topological polar surface area (TPSA) is 41.5 Å². The Balaban J connectivity index is 1.69. The third kappa shape index (κ3) is 3.51. The van der Waals surface area contributed by atoms with E-state index < -0.39 is 0 Å². The molecule has 2 N–H and O–H groups in total. The van der Waals surface area contributed by atoms with Crippen LogP contribution in [0.2, 0.25) is 0 Å². The molecule has 3 nitrogen and oxygen atoms in total. The molecule has 1 aliphatic heterocycles. The third-order valence-corrected chi connectivity index (χ3v) is 2.96. The first-order valence-corrected chi connectivity index (χ1v) is 5.91. The van der Waals surface area contributed by atoms with Crippen molar-refractivity contribution in [3.05, 3.63) is 29.8 Å². The smallest absolute Gasteiger partial charge is 0.115 e. The Morgan fingerprint density at radius 3 is 2.81 bits per heavy atom. The minimum atomic E-state index is 0.306. The van der Waals surface area contributed by atoms with Crippen LogP contribution in [0.25, 0.3) is 0 Å². The van der Waals surface area contributed by atoms with Crippen LogP contribution in [0.5, 0.6) is 5.75 Å². The van der Waals surface area contributed by atoms with E-state index in [2.05, 4.69) is 5.32 Å². The van der Waals surface area contributed by atoms with Gasteiger partial charge in [-0.2, -0.15) is 0 Å². The molecule has 88 valence electrons. The Labute approximate surface area is 96.4 Å². The number of aromatic hydroxyl groups is 1. The van der Waals surface area contributed by atoms with E-state index in [1.807, 2.05) is 12.1 Å². The molecule has 1 fully saturated rings. The fourth-order valence-electron chi connectivity index (χ4n) is 2.00. The summed E-state index contributed by atoms with van der Waals surface area (Å²) in [6, 6.07) is 7.19. The number of benzene rings is 1. The first kappa shape index (κ1) is 11.4. The van der Waals surface area contributed by atoms with Crippen molar-refractivity contribution in [2.24, 2.45) is 5.92 Å². The quantitative estimate of drug-likeness (QED) is 0.816. The average molecular weight is 221 g/mol. The van der Waals surface area contributed by atoms with Gasteiger partial charge >= 0.3 is 0 Å². The predicted molar refractivity (Wildman–Crippen MR) is 63.4 cm³/mol. The molecular weight excluding hydrogens is 202 g/mol. The van der Waals surface area contributed by atoms with E-state index in [1.54, 1.807) is 12.1 Å². The van der Waals surface area contributed by atoms with E-state index in [-0.39, 0.29) is 0 Å². The molecule has 1 atom stereocenters. The molecule has 1 heterocycles. The fourth-order valence-corrected chi connectivity index (χ4v) is 2.00. The van der Waals surface area contributed by atoms with E-state index in [0.717, 1.165) is 25.3 Å². The number of phenols is 1. The lowest BCUT2D eigenvalue weighted by Crippen LogP contribution is -2.32. The highest BCUT2D eigenvalue weighted by Crippen LogP contribution is 2.13. The van der Waals surface area contributed by atoms with Crippen molar-refractivity contribution in [3.63, 3.8) is 0 Å². The average Bonchev–Trinajstić information content (AvgIpc) is 2.33. The van der Waals surface area contributed by atoms with Crippen molar-refractivity contribution < 1.29 is 9.84 Å². The molecular formula is C13H19NO2. The molecule has 1 aromatic carbocycles. The van der Waals surface area contributed by atoms with Crippen molar-refractivity contribution in [2.75, 3.05) is 19.7 Å². The summed E-state index contributed by atoms with van der Waals surface area (Å²) < 4.78 is 5.68. The van der Waals surface area contributed by atoms with Gasteiger partial charge in [0.05, 0.1) is 13.2 Å². The van der Waals surface area contributed by atoms with Gasteiger partial charge in [0.25, 0.3) is 0 Å². The van der Waals surface area contributed by atoms with Crippen LogP contribution in [-0.4, -0.2) is 24.8 Å². The van der Waals surface area contributed by atoms with Gasteiger partial charge in [-0.05, 0) is 43.0 Å². The maximum Gasteiger partial charge on any atom is 0.115 e. The van der Waals surface area contributed by atoms with Crippen LogP contribution < -0.4 is 5.32 Å². The number of hydrogen-bond donors (Lipinski definition) is 2. The summed E-state index contributed by atoms with van der Waals surface area (Å²) in [6.07, 6.45) is 2.52. The molecule has 0 amide bonds. The normalized spacial score (nSPS) is 20.9. The monoisotopic (exact) mass is 221 g/mol. The first-order valence-electron chi connectivity index (χ1n) is 5.91. The maximum atomic E-state index is 9.14. The van der Waals surface area contributed by atoms with Gasteiger partial charge in [-0.25, -0.2) is 0 Å². The van der Waals surface area contributed by atoms with Gasteiger partial charge in [0.15, 0.2) is 0 Å². The molecule has 1 saturated heterocycles. The zero-order valence-corrected chi connectivity index (χ0v) is 9.48. The van der Waals surface area contributed by atoms with Crippen LogP contribution in [-0.2, 0) is 11.3 Å². The summed E-state index contributed by atoms with van der Waals surface area (Å²) in [7, 11) is 0. The molecule has 3 heteroatoms. The van der Waals surface area contributed by atoms with Crippen LogP contribution in [0.15, 0.2) is 24.3 Å². The largest absolute Gasteiger partial charge is 0.508 e. The Hall–Kier alpha value is -1.06. The molecule has 0 saturated carbocycles. The molecule has 0 bridgehead atoms. The SMILES string of the molecule is Oc1ccc(COCC2CCCNC2)cc1. The lowest BCUT2D eigenvalue weighted by atomic mass is 10.0. The van der Waals surface area contributed by atoms with E-state index in [4.69, 9.17) is 9.84 Å². The highest BCUT2D eigenvalue weighted by Gasteiger charge is 2.12. The summed E-state index contributed by atoms with van der Waals surface area (Å²) in [5, 5.41) is 12.5. The van der Waals surface area contributed by atoms with Gasteiger partial charge in [0.2, 0.25) is 0 Å². The van der Waals surface area contributed by atoms with Crippen LogP contribution in [0.1, 0.15) is 18.4 Å². The molecule has 0 aliphatic carbocycles. The van der Waals surface area contributed by atoms with E-state index in [1.165, 1.54) is 12.8 Å². The molecule has 1 aliphatic rings. The van der Waals surface area contributed by atoms with Crippen molar-refractivity contribution in [1.82, 2.24) is 5.32 Å². The number of rotatable bonds is 4. The van der Waals surface area contributed by atoms with E-state index >= 15 is 0 Å². The standard InChI is InChI=1S/C13H19NO2/c15-13-5-3-11(4-6-13)9-16-10-12-2-1-7-14-8-12/h3-6,12,14-15H,1-2,7-10H2. The highest BCUT2D eigenvalue weighted by molar-refractivity contribution is 5.25. The minimum Gasteiger partial charge on any atom is -0.508 e. The Bertz CT molecular complexity index is 304. The Morgan fingerprint density at radius 2 is 2.12 bits per heavy atom. The van der Waals surface area contributed by atoms with Gasteiger partial charge < -0.3 is 15.2 Å². The zero-order chi connectivity index (χ0) is 11.2. The molecule has 0 aromatic heterocycles. The zero-order valence-electron chi connectivity index (χ0n) is 9.48.